The third-order valence-corrected chi connectivity index (χ3v) is 12.1. The van der Waals surface area contributed by atoms with Crippen molar-refractivity contribution in [1.29, 1.82) is 0 Å². The first-order valence-electron chi connectivity index (χ1n) is 24.6. The topological polar surface area (TPSA) is 210 Å². The van der Waals surface area contributed by atoms with E-state index in [0.717, 1.165) is 57.8 Å². The van der Waals surface area contributed by atoms with E-state index in [9.17, 15) is 44.6 Å². The zero-order valence-electron chi connectivity index (χ0n) is 39.3. The van der Waals surface area contributed by atoms with Crippen molar-refractivity contribution in [3.63, 3.8) is 0 Å². The number of hydrogen-bond acceptors (Lipinski definition) is 12. The van der Waals surface area contributed by atoms with Crippen LogP contribution in [0.3, 0.4) is 0 Å². The Kier molecular flexibility index (Phi) is 36.9. The predicted octanol–water partition coefficient (Wildman–Crippen LogP) is 10.1. The van der Waals surface area contributed by atoms with E-state index in [4.69, 9.17) is 18.5 Å². The normalized spacial score (nSPS) is 22.1. The van der Waals surface area contributed by atoms with Crippen molar-refractivity contribution in [2.75, 3.05) is 13.2 Å². The lowest BCUT2D eigenvalue weighted by Crippen LogP contribution is -2.64. The highest BCUT2D eigenvalue weighted by atomic mass is 31.2. The molecule has 0 spiro atoms. The first kappa shape index (κ1) is 59.6. The summed E-state index contributed by atoms with van der Waals surface area (Å²) in [4.78, 5) is 35.8. The van der Waals surface area contributed by atoms with Crippen LogP contribution in [-0.4, -0.2) is 98.3 Å². The molecule has 64 heavy (non-hydrogen) atoms. The lowest BCUT2D eigenvalue weighted by atomic mass is 9.85. The molecule has 6 N–H and O–H groups in total. The summed E-state index contributed by atoms with van der Waals surface area (Å²) in [6, 6.07) is 0. The highest BCUT2D eigenvalue weighted by Gasteiger charge is 2.51. The minimum atomic E-state index is -5.13. The van der Waals surface area contributed by atoms with E-state index in [0.29, 0.717) is 19.3 Å². The Morgan fingerprint density at radius 3 is 1.34 bits per heavy atom. The van der Waals surface area contributed by atoms with Gasteiger partial charge in [-0.25, -0.2) is 4.57 Å². The summed E-state index contributed by atoms with van der Waals surface area (Å²) >= 11 is 0. The first-order chi connectivity index (χ1) is 30.9. The number of aliphatic hydroxyl groups excluding tert-OH is 5. The molecule has 1 rings (SSSR count). The van der Waals surface area contributed by atoms with Gasteiger partial charge in [-0.1, -0.05) is 184 Å². The summed E-state index contributed by atoms with van der Waals surface area (Å²) < 4.78 is 33.5. The molecule has 0 aromatic heterocycles. The van der Waals surface area contributed by atoms with Crippen molar-refractivity contribution in [2.45, 2.75) is 230 Å². The minimum Gasteiger partial charge on any atom is -0.462 e. The molecule has 0 bridgehead atoms. The van der Waals surface area contributed by atoms with Crippen LogP contribution >= 0.6 is 7.82 Å². The van der Waals surface area contributed by atoms with Crippen LogP contribution < -0.4 is 0 Å². The smallest absolute Gasteiger partial charge is 0.462 e. The maximum Gasteiger partial charge on any atom is 0.472 e. The van der Waals surface area contributed by atoms with Crippen molar-refractivity contribution in [2.24, 2.45) is 0 Å². The number of esters is 2. The molecule has 6 unspecified atom stereocenters. The van der Waals surface area contributed by atoms with Gasteiger partial charge in [-0.3, -0.25) is 18.6 Å². The van der Waals surface area contributed by atoms with Crippen LogP contribution in [0.15, 0.2) is 60.8 Å². The van der Waals surface area contributed by atoms with Crippen LogP contribution in [0.1, 0.15) is 187 Å². The van der Waals surface area contributed by atoms with Gasteiger partial charge in [-0.05, 0) is 51.4 Å². The number of carbonyl (C=O) groups is 2. The molecule has 1 aliphatic carbocycles. The van der Waals surface area contributed by atoms with Crippen molar-refractivity contribution in [3.8, 4) is 0 Å². The van der Waals surface area contributed by atoms with E-state index in [2.05, 4.69) is 62.5 Å². The van der Waals surface area contributed by atoms with Crippen LogP contribution in [0.25, 0.3) is 0 Å². The fourth-order valence-corrected chi connectivity index (χ4v) is 8.18. The predicted molar refractivity (Wildman–Crippen MR) is 253 cm³/mol. The van der Waals surface area contributed by atoms with Crippen LogP contribution in [0.4, 0.5) is 0 Å². The van der Waals surface area contributed by atoms with Gasteiger partial charge in [0.05, 0.1) is 6.61 Å². The lowest BCUT2D eigenvalue weighted by molar-refractivity contribution is -0.220. The number of hydrogen-bond donors (Lipinski definition) is 6. The summed E-state index contributed by atoms with van der Waals surface area (Å²) in [6.45, 7) is 3.15. The molecule has 8 atom stereocenters. The summed E-state index contributed by atoms with van der Waals surface area (Å²) in [5.74, 6) is -1.16. The maximum atomic E-state index is 12.8. The van der Waals surface area contributed by atoms with Gasteiger partial charge in [0.2, 0.25) is 0 Å². The number of allylic oxidation sites excluding steroid dienone is 10. The molecule has 0 saturated heterocycles. The van der Waals surface area contributed by atoms with Crippen molar-refractivity contribution < 1.29 is 63.1 Å². The van der Waals surface area contributed by atoms with E-state index < -0.39 is 75.7 Å². The maximum absolute atomic E-state index is 12.8. The molecular formula is C50H87O13P. The zero-order valence-corrected chi connectivity index (χ0v) is 40.2. The lowest BCUT2D eigenvalue weighted by Gasteiger charge is -2.41. The molecule has 0 radical (unpaired) electrons. The number of phosphoric acid groups is 1. The minimum absolute atomic E-state index is 0.0856. The Balaban J connectivity index is 2.46. The molecule has 1 aliphatic rings. The Morgan fingerprint density at radius 2 is 0.891 bits per heavy atom. The van der Waals surface area contributed by atoms with Gasteiger partial charge in [0.1, 0.15) is 43.2 Å². The highest BCUT2D eigenvalue weighted by molar-refractivity contribution is 7.47. The monoisotopic (exact) mass is 927 g/mol. The Bertz CT molecular complexity index is 1350. The molecular weight excluding hydrogens is 840 g/mol. The summed E-state index contributed by atoms with van der Waals surface area (Å²) in [5.41, 5.74) is 0. The second-order valence-corrected chi connectivity index (χ2v) is 18.3. The van der Waals surface area contributed by atoms with E-state index in [-0.39, 0.29) is 12.8 Å². The van der Waals surface area contributed by atoms with Crippen LogP contribution in [0.5, 0.6) is 0 Å². The van der Waals surface area contributed by atoms with E-state index in [1.807, 2.05) is 12.2 Å². The van der Waals surface area contributed by atoms with E-state index in [1.165, 1.54) is 83.5 Å². The van der Waals surface area contributed by atoms with E-state index >= 15 is 0 Å². The molecule has 13 nitrogen and oxygen atoms in total. The molecule has 370 valence electrons. The van der Waals surface area contributed by atoms with Gasteiger partial charge < -0.3 is 39.9 Å². The third kappa shape index (κ3) is 31.5. The van der Waals surface area contributed by atoms with Gasteiger partial charge in [0, 0.05) is 12.8 Å². The molecule has 0 aromatic carbocycles. The first-order valence-corrected chi connectivity index (χ1v) is 26.1. The number of rotatable bonds is 40. The van der Waals surface area contributed by atoms with Crippen molar-refractivity contribution in [3.05, 3.63) is 60.8 Å². The van der Waals surface area contributed by atoms with Crippen molar-refractivity contribution in [1.82, 2.24) is 0 Å². The summed E-state index contributed by atoms with van der Waals surface area (Å²) in [6.07, 6.45) is 35.6. The summed E-state index contributed by atoms with van der Waals surface area (Å²) in [7, 11) is -5.13. The molecule has 0 amide bonds. The van der Waals surface area contributed by atoms with Crippen LogP contribution in [0.2, 0.25) is 0 Å². The van der Waals surface area contributed by atoms with Gasteiger partial charge in [0.25, 0.3) is 0 Å². The third-order valence-electron chi connectivity index (χ3n) is 11.1. The number of aliphatic hydroxyl groups is 5. The SMILES string of the molecule is CC/C=C/C/C=C/C/C=C/C/C=C/C/C=C/CCCC(=O)OC[C@H](COP(=O)(O)OC1C(O)C(O)C(O)[C@H](O)C1O)OC(=O)CCCCCCCCCCCCCCCCCCCC. The van der Waals surface area contributed by atoms with Crippen LogP contribution in [0, 0.1) is 0 Å². The van der Waals surface area contributed by atoms with Crippen LogP contribution in [-0.2, 0) is 32.7 Å². The summed E-state index contributed by atoms with van der Waals surface area (Å²) in [5, 5.41) is 50.2. The molecule has 14 heteroatoms. The van der Waals surface area contributed by atoms with Gasteiger partial charge in [0.15, 0.2) is 6.10 Å². The number of phosphoric ester groups is 1. The molecule has 0 heterocycles. The van der Waals surface area contributed by atoms with Gasteiger partial charge in [-0.15, -0.1) is 0 Å². The Morgan fingerprint density at radius 1 is 0.500 bits per heavy atom. The quantitative estimate of drug-likeness (QED) is 0.0146. The Hall–Kier alpha value is -2.45. The Labute approximate surface area is 385 Å². The highest BCUT2D eigenvalue weighted by Crippen LogP contribution is 2.47. The average molecular weight is 927 g/mol. The number of carbonyl (C=O) groups excluding carboxylic acids is 2. The molecule has 0 aromatic rings. The fourth-order valence-electron chi connectivity index (χ4n) is 7.21. The zero-order chi connectivity index (χ0) is 47.1. The van der Waals surface area contributed by atoms with E-state index in [1.54, 1.807) is 0 Å². The second-order valence-electron chi connectivity index (χ2n) is 16.9. The fraction of sp³-hybridized carbons (Fsp3) is 0.760. The largest absolute Gasteiger partial charge is 0.472 e. The van der Waals surface area contributed by atoms with Crippen molar-refractivity contribution >= 4 is 19.8 Å². The van der Waals surface area contributed by atoms with Gasteiger partial charge in [-0.2, -0.15) is 0 Å². The van der Waals surface area contributed by atoms with Gasteiger partial charge >= 0.3 is 19.8 Å². The number of ether oxygens (including phenoxy) is 2. The standard InChI is InChI=1S/C50H87O13P/c1-3-5-7-9-11-13-15-17-19-21-23-25-27-29-31-33-35-37-39-44(52)62-42(41-61-64(58,59)63-50-48(56)46(54)45(53)47(55)49(50)57)40-60-43(51)38-36-34-32-30-28-26-24-22-20-18-16-14-12-10-8-6-4-2/h6,8,12,14,18,20,24,26,30,32,42,45-50,53-57H,3-5,7,9-11,13,15-17,19,21-23,25,27-29,31,33-41H2,1-2H3,(H,58,59)/b8-6+,14-12+,20-18+,26-24+,32-30+/t42-,45?,46+,47?,48?,49?,50?/m1/s1. The number of unbranched alkanes of at least 4 members (excludes halogenated alkanes) is 18. The second kappa shape index (κ2) is 39.7. The molecule has 0 aliphatic heterocycles. The average Bonchev–Trinajstić information content (AvgIpc) is 3.28. The molecule has 1 fully saturated rings. The molecule has 1 saturated carbocycles.